The summed E-state index contributed by atoms with van der Waals surface area (Å²) >= 11 is 0. The van der Waals surface area contributed by atoms with Gasteiger partial charge in [-0.25, -0.2) is 15.0 Å². The van der Waals surface area contributed by atoms with Crippen molar-refractivity contribution in [3.8, 4) is 6.07 Å². The highest BCUT2D eigenvalue weighted by molar-refractivity contribution is 5.65. The summed E-state index contributed by atoms with van der Waals surface area (Å²) in [6.45, 7) is 15.3. The molecule has 0 unspecified atom stereocenters. The molecule has 1 aromatic rings. The Morgan fingerprint density at radius 1 is 1.13 bits per heavy atom. The molecule has 1 aromatic carbocycles. The fourth-order valence-electron chi connectivity index (χ4n) is 1.09. The first-order valence-electron chi connectivity index (χ1n) is 4.19. The number of rotatable bonds is 0. The molecule has 0 aliphatic rings. The molecule has 0 spiro atoms. The maximum absolute atomic E-state index is 8.65. The van der Waals surface area contributed by atoms with Crippen LogP contribution in [0.4, 0.5) is 0 Å². The number of hydrogen-bond donors (Lipinski definition) is 0. The van der Waals surface area contributed by atoms with Gasteiger partial charge < -0.3 is 0 Å². The Morgan fingerprint density at radius 3 is 2.07 bits per heavy atom. The molecular formula is C12H7N3. The van der Waals surface area contributed by atoms with Crippen molar-refractivity contribution in [3.05, 3.63) is 57.5 Å². The summed E-state index contributed by atoms with van der Waals surface area (Å²) < 4.78 is 0. The van der Waals surface area contributed by atoms with Crippen LogP contribution in [0.15, 0.2) is 24.3 Å². The lowest BCUT2D eigenvalue weighted by molar-refractivity contribution is 1.48. The average molecular weight is 193 g/mol. The van der Waals surface area contributed by atoms with E-state index in [9.17, 15) is 0 Å². The summed E-state index contributed by atoms with van der Waals surface area (Å²) in [7, 11) is 0. The largest absolute Gasteiger partial charge is 0.268 e. The van der Waals surface area contributed by atoms with E-state index in [0.717, 1.165) is 5.22 Å². The van der Waals surface area contributed by atoms with Gasteiger partial charge in [-0.3, -0.25) is 0 Å². The second-order valence-electron chi connectivity index (χ2n) is 2.85. The van der Waals surface area contributed by atoms with Gasteiger partial charge in [0.25, 0.3) is 5.70 Å². The van der Waals surface area contributed by atoms with E-state index in [2.05, 4.69) is 9.69 Å². The van der Waals surface area contributed by atoms with Crippen LogP contribution >= 0.6 is 0 Å². The lowest BCUT2D eigenvalue weighted by Gasteiger charge is -1.89. The topological polar surface area (TPSA) is 32.5 Å². The molecule has 0 saturated heterocycles. The first kappa shape index (κ1) is 10.5. The van der Waals surface area contributed by atoms with Gasteiger partial charge in [0, 0.05) is 0 Å². The first-order valence-corrected chi connectivity index (χ1v) is 4.19. The molecule has 0 fully saturated rings. The van der Waals surface area contributed by atoms with Crippen molar-refractivity contribution < 1.29 is 0 Å². The third kappa shape index (κ3) is 2.21. The van der Waals surface area contributed by atoms with Crippen molar-refractivity contribution in [1.29, 1.82) is 5.26 Å². The zero-order chi connectivity index (χ0) is 11.3. The quantitative estimate of drug-likeness (QED) is 0.571. The molecule has 3 nitrogen and oxygen atoms in total. The molecule has 0 aliphatic heterocycles. The van der Waals surface area contributed by atoms with Crippen molar-refractivity contribution in [2.75, 3.05) is 0 Å². The van der Waals surface area contributed by atoms with E-state index in [1.54, 1.807) is 31.2 Å². The van der Waals surface area contributed by atoms with Gasteiger partial charge >= 0.3 is 0 Å². The van der Waals surface area contributed by atoms with Crippen molar-refractivity contribution in [2.45, 2.75) is 6.92 Å². The molecule has 0 saturated carbocycles. The monoisotopic (exact) mass is 193 g/mol. The van der Waals surface area contributed by atoms with Crippen LogP contribution in [-0.4, -0.2) is 0 Å². The summed E-state index contributed by atoms with van der Waals surface area (Å²) in [5, 5.41) is 10.1. The molecule has 0 aliphatic carbocycles. The number of nitriles is 1. The minimum absolute atomic E-state index is 0.0713. The van der Waals surface area contributed by atoms with E-state index in [4.69, 9.17) is 18.4 Å². The maximum atomic E-state index is 8.65. The number of benzene rings is 1. The van der Waals surface area contributed by atoms with Gasteiger partial charge in [0.2, 0.25) is 0 Å². The summed E-state index contributed by atoms with van der Waals surface area (Å²) in [5.41, 5.74) is 0.671. The van der Waals surface area contributed by atoms with Gasteiger partial charge in [0.1, 0.15) is 0 Å². The second-order valence-corrected chi connectivity index (χ2v) is 2.85. The van der Waals surface area contributed by atoms with Crippen LogP contribution in [0.2, 0.25) is 0 Å². The summed E-state index contributed by atoms with van der Waals surface area (Å²) in [6, 6.07) is 8.67. The Morgan fingerprint density at radius 2 is 1.67 bits per heavy atom. The van der Waals surface area contributed by atoms with Crippen molar-refractivity contribution in [2.24, 2.45) is 0 Å². The molecule has 0 amide bonds. The Hall–Kier alpha value is -2.57. The van der Waals surface area contributed by atoms with Gasteiger partial charge in [-0.1, -0.05) is 24.3 Å². The predicted octanol–water partition coefficient (Wildman–Crippen LogP) is 1.29. The third-order valence-corrected chi connectivity index (χ3v) is 1.96. The van der Waals surface area contributed by atoms with E-state index >= 15 is 0 Å². The van der Waals surface area contributed by atoms with Crippen LogP contribution in [0.5, 0.6) is 0 Å². The lowest BCUT2D eigenvalue weighted by Crippen LogP contribution is -2.09. The van der Waals surface area contributed by atoms with Crippen LogP contribution in [0.3, 0.4) is 0 Å². The Bertz CT molecular complexity index is 579. The van der Waals surface area contributed by atoms with Crippen molar-refractivity contribution in [3.63, 3.8) is 0 Å². The van der Waals surface area contributed by atoms with E-state index in [1.165, 1.54) is 0 Å². The molecule has 0 atom stereocenters. The second kappa shape index (κ2) is 4.61. The summed E-state index contributed by atoms with van der Waals surface area (Å²) in [4.78, 5) is 6.42. The summed E-state index contributed by atoms with van der Waals surface area (Å²) in [6.07, 6.45) is 0. The van der Waals surface area contributed by atoms with Gasteiger partial charge in [0.05, 0.1) is 19.2 Å². The Kier molecular flexibility index (Phi) is 3.23. The third-order valence-electron chi connectivity index (χ3n) is 1.96. The van der Waals surface area contributed by atoms with Gasteiger partial charge in [-0.05, 0) is 17.4 Å². The Labute approximate surface area is 87.8 Å². The fourth-order valence-corrected chi connectivity index (χ4v) is 1.09. The molecule has 1 rings (SSSR count). The van der Waals surface area contributed by atoms with E-state index in [0.29, 0.717) is 10.9 Å². The highest BCUT2D eigenvalue weighted by Gasteiger charge is 1.93. The predicted molar refractivity (Wildman–Crippen MR) is 57.0 cm³/mol. The minimum Gasteiger partial charge on any atom is -0.242 e. The first-order chi connectivity index (χ1) is 7.22. The molecule has 15 heavy (non-hydrogen) atoms. The molecule has 0 aromatic heterocycles. The molecule has 0 radical (unpaired) electrons. The smallest absolute Gasteiger partial charge is 0.242 e. The van der Waals surface area contributed by atoms with Gasteiger partial charge in [-0.2, -0.15) is 0 Å². The average Bonchev–Trinajstić information content (AvgIpc) is 2.30. The minimum atomic E-state index is 0.0713. The van der Waals surface area contributed by atoms with Crippen LogP contribution in [0, 0.1) is 24.5 Å². The van der Waals surface area contributed by atoms with Crippen LogP contribution < -0.4 is 10.4 Å². The standard InChI is InChI=1S/C12H7N3/c1-9(14-2)10-4-6-11(7-5-10)12(8-13)15-3/h4-7H,1H3. The highest BCUT2D eigenvalue weighted by atomic mass is 14.7. The molecule has 70 valence electrons. The number of hydrogen-bond acceptors (Lipinski definition) is 1. The van der Waals surface area contributed by atoms with Gasteiger partial charge in [-0.15, -0.1) is 0 Å². The molecule has 0 heterocycles. The van der Waals surface area contributed by atoms with E-state index in [-0.39, 0.29) is 5.70 Å². The maximum Gasteiger partial charge on any atom is 0.268 e. The molecule has 0 bridgehead atoms. The van der Waals surface area contributed by atoms with E-state index in [1.807, 2.05) is 6.07 Å². The normalized spacial score (nSPS) is 8.13. The van der Waals surface area contributed by atoms with Crippen molar-refractivity contribution in [1.82, 2.24) is 0 Å². The summed E-state index contributed by atoms with van der Waals surface area (Å²) in [5.74, 6) is 0. The SMILES string of the molecule is [C-]#[N+]C(C)=c1ccc(=C(C#N)[N+]#[C-])cc1. The van der Waals surface area contributed by atoms with Gasteiger partial charge in [0.15, 0.2) is 5.70 Å². The van der Waals surface area contributed by atoms with E-state index < -0.39 is 0 Å². The fraction of sp³-hybridized carbons (Fsp3) is 0.0833. The number of nitrogens with zero attached hydrogens (tertiary/aromatic N) is 3. The van der Waals surface area contributed by atoms with Crippen LogP contribution in [0.1, 0.15) is 6.92 Å². The lowest BCUT2D eigenvalue weighted by atomic mass is 10.2. The van der Waals surface area contributed by atoms with Crippen molar-refractivity contribution >= 4 is 11.4 Å². The molecule has 0 N–H and O–H groups in total. The highest BCUT2D eigenvalue weighted by Crippen LogP contribution is 1.92. The molecular weight excluding hydrogens is 186 g/mol. The zero-order valence-electron chi connectivity index (χ0n) is 8.15. The molecule has 3 heteroatoms. The zero-order valence-corrected chi connectivity index (χ0v) is 8.15. The Balaban J connectivity index is 3.52. The van der Waals surface area contributed by atoms with Crippen LogP contribution in [-0.2, 0) is 0 Å². The van der Waals surface area contributed by atoms with Crippen LogP contribution in [0.25, 0.3) is 21.1 Å².